The first-order valence-electron chi connectivity index (χ1n) is 11.3. The number of esters is 1. The summed E-state index contributed by atoms with van der Waals surface area (Å²) in [6.07, 6.45) is 7.37. The maximum absolute atomic E-state index is 12.0. The minimum Gasteiger partial charge on any atom is -0.489 e. The van der Waals surface area contributed by atoms with Gasteiger partial charge in [0.05, 0.1) is 6.61 Å². The summed E-state index contributed by atoms with van der Waals surface area (Å²) in [4.78, 5) is 28.0. The van der Waals surface area contributed by atoms with Crippen molar-refractivity contribution >= 4 is 18.3 Å². The number of hydrogen-bond acceptors (Lipinski definition) is 5. The molecule has 0 aliphatic heterocycles. The highest BCUT2D eigenvalue weighted by atomic mass is 16.5. The summed E-state index contributed by atoms with van der Waals surface area (Å²) in [5, 5.41) is 0. The van der Waals surface area contributed by atoms with Gasteiger partial charge in [0, 0.05) is 29.6 Å². The summed E-state index contributed by atoms with van der Waals surface area (Å²) in [6.45, 7) is 2.49. The van der Waals surface area contributed by atoms with E-state index in [1.807, 2.05) is 78.9 Å². The highest BCUT2D eigenvalue weighted by Crippen LogP contribution is 2.32. The molecular weight excluding hydrogens is 438 g/mol. The summed E-state index contributed by atoms with van der Waals surface area (Å²) < 4.78 is 11.0. The molecule has 35 heavy (non-hydrogen) atoms. The highest BCUT2D eigenvalue weighted by Gasteiger charge is 2.11. The molecule has 5 nitrogen and oxygen atoms in total. The first-order chi connectivity index (χ1) is 17.2. The Bertz CT molecular complexity index is 1330. The van der Waals surface area contributed by atoms with E-state index in [0.717, 1.165) is 39.7 Å². The quantitative estimate of drug-likeness (QED) is 0.164. The zero-order valence-corrected chi connectivity index (χ0v) is 19.4. The number of carbonyl (C=O) groups is 2. The highest BCUT2D eigenvalue weighted by molar-refractivity contribution is 5.92. The first kappa shape index (κ1) is 23.6. The predicted octanol–water partition coefficient (Wildman–Crippen LogP) is 6.38. The van der Waals surface area contributed by atoms with Crippen molar-refractivity contribution in [1.29, 1.82) is 0 Å². The Morgan fingerprint density at radius 3 is 2.43 bits per heavy atom. The van der Waals surface area contributed by atoms with E-state index < -0.39 is 5.97 Å². The fraction of sp³-hybridized carbons (Fsp3) is 0.100. The van der Waals surface area contributed by atoms with E-state index in [-0.39, 0.29) is 0 Å². The number of pyridine rings is 1. The topological polar surface area (TPSA) is 65.5 Å². The molecule has 0 saturated carbocycles. The molecule has 0 fully saturated rings. The van der Waals surface area contributed by atoms with Gasteiger partial charge in [-0.05, 0) is 65.1 Å². The van der Waals surface area contributed by atoms with E-state index in [9.17, 15) is 9.59 Å². The first-order valence-corrected chi connectivity index (χ1v) is 11.3. The number of rotatable bonds is 9. The average Bonchev–Trinajstić information content (AvgIpc) is 2.91. The Morgan fingerprint density at radius 1 is 0.886 bits per heavy atom. The molecule has 3 aromatic carbocycles. The Kier molecular flexibility index (Phi) is 7.81. The molecule has 1 heterocycles. The molecule has 0 aliphatic rings. The van der Waals surface area contributed by atoms with Crippen LogP contribution in [0.1, 0.15) is 28.4 Å². The third-order valence-corrected chi connectivity index (χ3v) is 5.42. The molecule has 174 valence electrons. The van der Waals surface area contributed by atoms with Crippen LogP contribution in [0, 0.1) is 0 Å². The van der Waals surface area contributed by atoms with Gasteiger partial charge in [-0.25, -0.2) is 4.79 Å². The molecule has 4 aromatic rings. The van der Waals surface area contributed by atoms with E-state index in [1.165, 1.54) is 6.08 Å². The van der Waals surface area contributed by atoms with Gasteiger partial charge < -0.3 is 9.47 Å². The van der Waals surface area contributed by atoms with Gasteiger partial charge in [-0.3, -0.25) is 9.78 Å². The van der Waals surface area contributed by atoms with Crippen LogP contribution in [0.2, 0.25) is 0 Å². The van der Waals surface area contributed by atoms with Crippen molar-refractivity contribution in [3.8, 4) is 28.0 Å². The smallest absolute Gasteiger partial charge is 0.330 e. The molecule has 4 rings (SSSR count). The van der Waals surface area contributed by atoms with Crippen molar-refractivity contribution in [2.45, 2.75) is 13.5 Å². The standard InChI is InChI=1S/C30H25NO4/c1-2-34-30(33)15-11-24-18-27(35-21-22-7-4-3-5-8-22)12-14-28(24)23-10-13-29(26(17-23)20-32)25-9-6-16-31-19-25/h3-20H,2,21H2,1H3. The largest absolute Gasteiger partial charge is 0.489 e. The van der Waals surface area contributed by atoms with Crippen molar-refractivity contribution in [2.24, 2.45) is 0 Å². The second-order valence-corrected chi connectivity index (χ2v) is 7.77. The van der Waals surface area contributed by atoms with Gasteiger partial charge in [-0.15, -0.1) is 0 Å². The summed E-state index contributed by atoms with van der Waals surface area (Å²) in [6, 6.07) is 25.1. The van der Waals surface area contributed by atoms with Gasteiger partial charge in [0.1, 0.15) is 12.4 Å². The Morgan fingerprint density at radius 2 is 1.69 bits per heavy atom. The predicted molar refractivity (Wildman–Crippen MR) is 137 cm³/mol. The number of hydrogen-bond donors (Lipinski definition) is 0. The van der Waals surface area contributed by atoms with E-state index in [2.05, 4.69) is 4.98 Å². The van der Waals surface area contributed by atoms with Gasteiger partial charge in [-0.2, -0.15) is 0 Å². The number of carbonyl (C=O) groups excluding carboxylic acids is 2. The van der Waals surface area contributed by atoms with Crippen LogP contribution in [0.3, 0.4) is 0 Å². The van der Waals surface area contributed by atoms with Crippen molar-refractivity contribution in [1.82, 2.24) is 4.98 Å². The Balaban J connectivity index is 1.69. The van der Waals surface area contributed by atoms with Crippen molar-refractivity contribution < 1.29 is 19.1 Å². The van der Waals surface area contributed by atoms with Crippen molar-refractivity contribution in [3.05, 3.63) is 114 Å². The van der Waals surface area contributed by atoms with Gasteiger partial charge in [0.25, 0.3) is 0 Å². The lowest BCUT2D eigenvalue weighted by atomic mass is 9.93. The molecular formula is C30H25NO4. The zero-order chi connectivity index (χ0) is 24.5. The third kappa shape index (κ3) is 6.09. The van der Waals surface area contributed by atoms with E-state index in [0.29, 0.717) is 24.5 Å². The van der Waals surface area contributed by atoms with E-state index in [1.54, 1.807) is 25.4 Å². The second kappa shape index (κ2) is 11.6. The molecule has 0 amide bonds. The number of aldehydes is 1. The lowest BCUT2D eigenvalue weighted by Gasteiger charge is -2.13. The fourth-order valence-corrected chi connectivity index (χ4v) is 3.73. The maximum Gasteiger partial charge on any atom is 0.330 e. The number of benzene rings is 3. The summed E-state index contributed by atoms with van der Waals surface area (Å²) in [5.74, 6) is 0.248. The Hall–Kier alpha value is -4.51. The van der Waals surface area contributed by atoms with Crippen LogP contribution < -0.4 is 4.74 Å². The molecule has 0 saturated heterocycles. The monoisotopic (exact) mass is 463 g/mol. The minimum absolute atomic E-state index is 0.300. The average molecular weight is 464 g/mol. The van der Waals surface area contributed by atoms with Crippen molar-refractivity contribution in [2.75, 3.05) is 6.61 Å². The molecule has 0 radical (unpaired) electrons. The van der Waals surface area contributed by atoms with Gasteiger partial charge in [0.15, 0.2) is 6.29 Å². The molecule has 5 heteroatoms. The second-order valence-electron chi connectivity index (χ2n) is 7.77. The van der Waals surface area contributed by atoms with E-state index >= 15 is 0 Å². The molecule has 1 aromatic heterocycles. The van der Waals surface area contributed by atoms with Gasteiger partial charge in [-0.1, -0.05) is 54.6 Å². The molecule has 0 spiro atoms. The van der Waals surface area contributed by atoms with Gasteiger partial charge in [0.2, 0.25) is 0 Å². The van der Waals surface area contributed by atoms with E-state index in [4.69, 9.17) is 9.47 Å². The fourth-order valence-electron chi connectivity index (χ4n) is 3.73. The zero-order valence-electron chi connectivity index (χ0n) is 19.4. The lowest BCUT2D eigenvalue weighted by Crippen LogP contribution is -1.99. The molecule has 0 bridgehead atoms. The summed E-state index contributed by atoms with van der Waals surface area (Å²) >= 11 is 0. The SMILES string of the molecule is CCOC(=O)C=Cc1cc(OCc2ccccc2)ccc1-c1ccc(-c2cccnc2)c(C=O)c1. The van der Waals surface area contributed by atoms with Crippen LogP contribution in [-0.2, 0) is 16.1 Å². The molecule has 0 N–H and O–H groups in total. The summed E-state index contributed by atoms with van der Waals surface area (Å²) in [7, 11) is 0. The molecule has 0 unspecified atom stereocenters. The molecule has 0 aliphatic carbocycles. The molecule has 0 atom stereocenters. The number of nitrogens with zero attached hydrogens (tertiary/aromatic N) is 1. The van der Waals surface area contributed by atoms with Crippen LogP contribution in [0.25, 0.3) is 28.3 Å². The third-order valence-electron chi connectivity index (χ3n) is 5.42. The van der Waals surface area contributed by atoms with Crippen LogP contribution in [0.5, 0.6) is 5.75 Å². The number of ether oxygens (including phenoxy) is 2. The van der Waals surface area contributed by atoms with Crippen LogP contribution in [0.15, 0.2) is 97.3 Å². The van der Waals surface area contributed by atoms with Crippen LogP contribution >= 0.6 is 0 Å². The number of aromatic nitrogens is 1. The Labute approximate surface area is 204 Å². The van der Waals surface area contributed by atoms with Crippen molar-refractivity contribution in [3.63, 3.8) is 0 Å². The van der Waals surface area contributed by atoms with Gasteiger partial charge >= 0.3 is 5.97 Å². The summed E-state index contributed by atoms with van der Waals surface area (Å²) in [5.41, 5.74) is 5.77. The normalized spacial score (nSPS) is 10.8. The van der Waals surface area contributed by atoms with Crippen LogP contribution in [0.4, 0.5) is 0 Å². The van der Waals surface area contributed by atoms with Crippen LogP contribution in [-0.4, -0.2) is 23.8 Å². The minimum atomic E-state index is -0.422. The maximum atomic E-state index is 12.0. The lowest BCUT2D eigenvalue weighted by molar-refractivity contribution is -0.137.